The second-order valence-electron chi connectivity index (χ2n) is 5.11. The van der Waals surface area contributed by atoms with Crippen molar-refractivity contribution in [3.63, 3.8) is 0 Å². The van der Waals surface area contributed by atoms with E-state index in [0.717, 1.165) is 25.9 Å². The summed E-state index contributed by atoms with van der Waals surface area (Å²) in [4.78, 5) is 27.8. The van der Waals surface area contributed by atoms with Crippen molar-refractivity contribution in [3.8, 4) is 0 Å². The largest absolute Gasteiger partial charge is 0.330 e. The van der Waals surface area contributed by atoms with Gasteiger partial charge in [-0.3, -0.25) is 14.5 Å². The van der Waals surface area contributed by atoms with Crippen molar-refractivity contribution in [1.29, 1.82) is 0 Å². The van der Waals surface area contributed by atoms with E-state index in [1.54, 1.807) is 24.3 Å². The molecule has 0 radical (unpaired) electrons. The first-order valence-corrected chi connectivity index (χ1v) is 6.99. The summed E-state index contributed by atoms with van der Waals surface area (Å²) in [6.45, 7) is 2.95. The van der Waals surface area contributed by atoms with Crippen LogP contribution in [0.25, 0.3) is 0 Å². The van der Waals surface area contributed by atoms with Gasteiger partial charge in [0.05, 0.1) is 11.1 Å². The molecule has 108 valence electrons. The molecule has 0 saturated heterocycles. The summed E-state index contributed by atoms with van der Waals surface area (Å²) in [5, 5.41) is 0. The van der Waals surface area contributed by atoms with E-state index in [4.69, 9.17) is 5.73 Å². The number of imide groups is 1. The van der Waals surface area contributed by atoms with Crippen molar-refractivity contribution < 1.29 is 9.59 Å². The van der Waals surface area contributed by atoms with Crippen LogP contribution in [0.2, 0.25) is 0 Å². The Morgan fingerprint density at radius 2 is 1.60 bits per heavy atom. The highest BCUT2D eigenvalue weighted by Gasteiger charge is 2.34. The average Bonchev–Trinajstić information content (AvgIpc) is 2.70. The van der Waals surface area contributed by atoms with Crippen LogP contribution in [0.3, 0.4) is 0 Å². The van der Waals surface area contributed by atoms with Crippen LogP contribution in [-0.2, 0) is 0 Å². The SMILES string of the molecule is CN(CCCN)CCCN1C(=O)c2ccccc2C1=O. The Kier molecular flexibility index (Phi) is 4.87. The molecule has 0 saturated carbocycles. The number of nitrogens with two attached hydrogens (primary N) is 1. The van der Waals surface area contributed by atoms with Gasteiger partial charge in [0.25, 0.3) is 11.8 Å². The minimum Gasteiger partial charge on any atom is -0.330 e. The number of hydrogen-bond acceptors (Lipinski definition) is 4. The van der Waals surface area contributed by atoms with Gasteiger partial charge in [0.1, 0.15) is 0 Å². The highest BCUT2D eigenvalue weighted by atomic mass is 16.2. The number of carbonyl (C=O) groups is 2. The van der Waals surface area contributed by atoms with E-state index in [1.807, 2.05) is 7.05 Å². The van der Waals surface area contributed by atoms with Gasteiger partial charge in [-0.2, -0.15) is 0 Å². The summed E-state index contributed by atoms with van der Waals surface area (Å²) >= 11 is 0. The van der Waals surface area contributed by atoms with Gasteiger partial charge < -0.3 is 10.6 Å². The fourth-order valence-electron chi connectivity index (χ4n) is 2.41. The smallest absolute Gasteiger partial charge is 0.261 e. The van der Waals surface area contributed by atoms with Crippen LogP contribution in [0.4, 0.5) is 0 Å². The Bertz CT molecular complexity index is 467. The highest BCUT2D eigenvalue weighted by molar-refractivity contribution is 6.21. The fourth-order valence-corrected chi connectivity index (χ4v) is 2.41. The Balaban J connectivity index is 1.86. The number of nitrogens with zero attached hydrogens (tertiary/aromatic N) is 2. The number of rotatable bonds is 7. The van der Waals surface area contributed by atoms with Crippen LogP contribution < -0.4 is 5.73 Å². The second-order valence-corrected chi connectivity index (χ2v) is 5.11. The van der Waals surface area contributed by atoms with E-state index >= 15 is 0 Å². The summed E-state index contributed by atoms with van der Waals surface area (Å²) in [6, 6.07) is 6.99. The van der Waals surface area contributed by atoms with Crippen molar-refractivity contribution in [2.45, 2.75) is 12.8 Å². The predicted octanol–water partition coefficient (Wildman–Crippen LogP) is 0.953. The van der Waals surface area contributed by atoms with Crippen molar-refractivity contribution >= 4 is 11.8 Å². The maximum atomic E-state index is 12.1. The topological polar surface area (TPSA) is 66.6 Å². The van der Waals surface area contributed by atoms with Crippen LogP contribution in [0.1, 0.15) is 33.6 Å². The molecule has 1 aromatic carbocycles. The molecule has 20 heavy (non-hydrogen) atoms. The quantitative estimate of drug-likeness (QED) is 0.753. The molecule has 1 aliphatic heterocycles. The van der Waals surface area contributed by atoms with E-state index in [-0.39, 0.29) is 11.8 Å². The Hall–Kier alpha value is -1.72. The third-order valence-corrected chi connectivity index (χ3v) is 3.54. The molecule has 5 heteroatoms. The summed E-state index contributed by atoms with van der Waals surface area (Å²) < 4.78 is 0. The van der Waals surface area contributed by atoms with Crippen LogP contribution in [-0.4, -0.2) is 54.8 Å². The molecule has 5 nitrogen and oxygen atoms in total. The zero-order valence-electron chi connectivity index (χ0n) is 11.8. The van der Waals surface area contributed by atoms with Crippen LogP contribution in [0, 0.1) is 0 Å². The first kappa shape index (κ1) is 14.7. The second kappa shape index (κ2) is 6.63. The van der Waals surface area contributed by atoms with E-state index < -0.39 is 0 Å². The molecule has 1 heterocycles. The lowest BCUT2D eigenvalue weighted by Crippen LogP contribution is -2.33. The van der Waals surface area contributed by atoms with Crippen LogP contribution in [0.15, 0.2) is 24.3 Å². The van der Waals surface area contributed by atoms with Gasteiger partial charge in [-0.05, 0) is 51.7 Å². The average molecular weight is 275 g/mol. The molecular formula is C15H21N3O2. The lowest BCUT2D eigenvalue weighted by molar-refractivity contribution is 0.0648. The van der Waals surface area contributed by atoms with Crippen molar-refractivity contribution in [2.75, 3.05) is 33.2 Å². The number of hydrogen-bond donors (Lipinski definition) is 1. The maximum Gasteiger partial charge on any atom is 0.261 e. The van der Waals surface area contributed by atoms with Crippen LogP contribution >= 0.6 is 0 Å². The number of fused-ring (bicyclic) bond motifs is 1. The molecule has 0 spiro atoms. The third kappa shape index (κ3) is 3.05. The normalized spacial score (nSPS) is 14.2. The van der Waals surface area contributed by atoms with Gasteiger partial charge in [-0.25, -0.2) is 0 Å². The van der Waals surface area contributed by atoms with Gasteiger partial charge in [0, 0.05) is 6.54 Å². The first-order chi connectivity index (χ1) is 9.65. The molecule has 2 amide bonds. The fraction of sp³-hybridized carbons (Fsp3) is 0.467. The van der Waals surface area contributed by atoms with Crippen molar-refractivity contribution in [1.82, 2.24) is 9.80 Å². The van der Waals surface area contributed by atoms with Crippen LogP contribution in [0.5, 0.6) is 0 Å². The zero-order valence-corrected chi connectivity index (χ0v) is 11.8. The molecule has 1 aliphatic rings. The first-order valence-electron chi connectivity index (χ1n) is 6.99. The maximum absolute atomic E-state index is 12.1. The minimum absolute atomic E-state index is 0.171. The van der Waals surface area contributed by atoms with Crippen molar-refractivity contribution in [2.24, 2.45) is 5.73 Å². The molecule has 0 atom stereocenters. The number of amides is 2. The minimum atomic E-state index is -0.171. The monoisotopic (exact) mass is 275 g/mol. The standard InChI is InChI=1S/C15H21N3O2/c1-17(9-4-8-16)10-5-11-18-14(19)12-6-2-3-7-13(12)15(18)20/h2-3,6-7H,4-5,8-11,16H2,1H3. The summed E-state index contributed by atoms with van der Waals surface area (Å²) in [6.07, 6.45) is 1.75. The predicted molar refractivity (Wildman–Crippen MR) is 77.6 cm³/mol. The van der Waals surface area contributed by atoms with Gasteiger partial charge in [-0.1, -0.05) is 12.1 Å². The van der Waals surface area contributed by atoms with E-state index in [2.05, 4.69) is 4.90 Å². The molecule has 0 aliphatic carbocycles. The van der Waals surface area contributed by atoms with Gasteiger partial charge >= 0.3 is 0 Å². The summed E-state index contributed by atoms with van der Waals surface area (Å²) in [5.74, 6) is -0.342. The Morgan fingerprint density at radius 1 is 1.05 bits per heavy atom. The zero-order chi connectivity index (χ0) is 14.5. The molecule has 0 fully saturated rings. The van der Waals surface area contributed by atoms with E-state index in [9.17, 15) is 9.59 Å². The lowest BCUT2D eigenvalue weighted by Gasteiger charge is -2.18. The van der Waals surface area contributed by atoms with E-state index in [0.29, 0.717) is 24.2 Å². The molecule has 0 unspecified atom stereocenters. The number of benzene rings is 1. The summed E-state index contributed by atoms with van der Waals surface area (Å²) in [7, 11) is 2.03. The van der Waals surface area contributed by atoms with Crippen molar-refractivity contribution in [3.05, 3.63) is 35.4 Å². The molecule has 0 bridgehead atoms. The third-order valence-electron chi connectivity index (χ3n) is 3.54. The molecule has 2 rings (SSSR count). The molecule has 0 aromatic heterocycles. The number of carbonyl (C=O) groups excluding carboxylic acids is 2. The lowest BCUT2D eigenvalue weighted by atomic mass is 10.1. The van der Waals surface area contributed by atoms with Gasteiger partial charge in [0.2, 0.25) is 0 Å². The Morgan fingerprint density at radius 3 is 2.15 bits per heavy atom. The van der Waals surface area contributed by atoms with E-state index in [1.165, 1.54) is 4.90 Å². The Labute approximate surface area is 119 Å². The van der Waals surface area contributed by atoms with Gasteiger partial charge in [0.15, 0.2) is 0 Å². The highest BCUT2D eigenvalue weighted by Crippen LogP contribution is 2.22. The molecule has 2 N–H and O–H groups in total. The van der Waals surface area contributed by atoms with Gasteiger partial charge in [-0.15, -0.1) is 0 Å². The molecule has 1 aromatic rings. The molecular weight excluding hydrogens is 254 g/mol. The summed E-state index contributed by atoms with van der Waals surface area (Å²) in [5.41, 5.74) is 6.51.